The van der Waals surface area contributed by atoms with Crippen molar-refractivity contribution < 1.29 is 9.50 Å². The van der Waals surface area contributed by atoms with E-state index in [1.54, 1.807) is 37.3 Å². The van der Waals surface area contributed by atoms with E-state index >= 15 is 0 Å². The third-order valence-electron chi connectivity index (χ3n) is 3.32. The standard InChI is InChI=1S/C16H19ClFN3O/c1-3-5-11(8-9-18)21-15(10(2)19)20-13-7-4-6-12(17)14(13)16(21)22/h3-8,10,16,22H,9,19H2,1-2H3/b5-3-,11-8+/t10-,16?/m0/s1. The smallest absolute Gasteiger partial charge is 0.162 e. The molecule has 1 unspecified atom stereocenters. The summed E-state index contributed by atoms with van der Waals surface area (Å²) in [6, 6.07) is 4.77. The maximum absolute atomic E-state index is 12.8. The van der Waals surface area contributed by atoms with E-state index in [4.69, 9.17) is 17.3 Å². The summed E-state index contributed by atoms with van der Waals surface area (Å²) < 4.78 is 12.8. The molecule has 6 heteroatoms. The molecule has 0 aliphatic carbocycles. The Morgan fingerprint density at radius 3 is 2.91 bits per heavy atom. The van der Waals surface area contributed by atoms with E-state index in [0.29, 0.717) is 27.8 Å². The minimum Gasteiger partial charge on any atom is -0.369 e. The first-order valence-electron chi connectivity index (χ1n) is 7.00. The van der Waals surface area contributed by atoms with Crippen LogP contribution in [0.25, 0.3) is 0 Å². The fourth-order valence-corrected chi connectivity index (χ4v) is 2.67. The van der Waals surface area contributed by atoms with Crippen molar-refractivity contribution in [3.8, 4) is 0 Å². The molecule has 0 bridgehead atoms. The van der Waals surface area contributed by atoms with Crippen LogP contribution >= 0.6 is 11.6 Å². The largest absolute Gasteiger partial charge is 0.369 e. The molecule has 1 aliphatic rings. The Morgan fingerprint density at radius 1 is 1.59 bits per heavy atom. The number of benzene rings is 1. The molecule has 22 heavy (non-hydrogen) atoms. The van der Waals surface area contributed by atoms with Crippen LogP contribution in [0.1, 0.15) is 25.6 Å². The first-order valence-corrected chi connectivity index (χ1v) is 7.37. The number of amidine groups is 1. The quantitative estimate of drug-likeness (QED) is 0.834. The number of allylic oxidation sites excluding steroid dienone is 3. The second-order valence-electron chi connectivity index (χ2n) is 4.96. The fraction of sp³-hybridized carbons (Fsp3) is 0.312. The lowest BCUT2D eigenvalue weighted by atomic mass is 10.1. The number of rotatable bonds is 4. The van der Waals surface area contributed by atoms with Gasteiger partial charge >= 0.3 is 0 Å². The lowest BCUT2D eigenvalue weighted by Crippen LogP contribution is -2.45. The molecular formula is C16H19ClFN3O. The molecule has 0 radical (unpaired) electrons. The van der Waals surface area contributed by atoms with Crippen molar-refractivity contribution in [1.82, 2.24) is 4.90 Å². The molecule has 0 spiro atoms. The Hall–Kier alpha value is -1.69. The molecule has 2 atom stereocenters. The first-order chi connectivity index (χ1) is 10.5. The summed E-state index contributed by atoms with van der Waals surface area (Å²) in [7, 11) is 0. The highest BCUT2D eigenvalue weighted by molar-refractivity contribution is 6.31. The summed E-state index contributed by atoms with van der Waals surface area (Å²) in [6.45, 7) is 2.91. The fourth-order valence-electron chi connectivity index (χ4n) is 2.40. The highest BCUT2D eigenvalue weighted by atomic mass is 35.5. The van der Waals surface area contributed by atoms with E-state index in [1.807, 2.05) is 6.92 Å². The van der Waals surface area contributed by atoms with Gasteiger partial charge in [0, 0.05) is 11.3 Å². The molecule has 0 fully saturated rings. The van der Waals surface area contributed by atoms with Crippen molar-refractivity contribution in [2.45, 2.75) is 26.1 Å². The molecule has 1 heterocycles. The van der Waals surface area contributed by atoms with Crippen LogP contribution in [0, 0.1) is 0 Å². The number of hydrogen-bond donors (Lipinski definition) is 2. The highest BCUT2D eigenvalue weighted by Crippen LogP contribution is 2.40. The SMILES string of the molecule is C/C=C\C(=C/CF)N1C([C@H](C)N)=Nc2cccc(Cl)c2C1O. The van der Waals surface area contributed by atoms with Gasteiger partial charge in [0.25, 0.3) is 0 Å². The average molecular weight is 324 g/mol. The average Bonchev–Trinajstić information content (AvgIpc) is 2.46. The Morgan fingerprint density at radius 2 is 2.32 bits per heavy atom. The van der Waals surface area contributed by atoms with Crippen LogP contribution in [0.5, 0.6) is 0 Å². The number of nitrogens with zero attached hydrogens (tertiary/aromatic N) is 2. The number of aliphatic imine (C=N–C) groups is 1. The number of nitrogens with two attached hydrogens (primary N) is 1. The third kappa shape index (κ3) is 3.06. The Kier molecular flexibility index (Phi) is 5.34. The topological polar surface area (TPSA) is 61.8 Å². The first kappa shape index (κ1) is 16.7. The van der Waals surface area contributed by atoms with Gasteiger partial charge in [-0.3, -0.25) is 4.90 Å². The molecule has 118 valence electrons. The molecule has 0 amide bonds. The summed E-state index contributed by atoms with van der Waals surface area (Å²) >= 11 is 6.19. The van der Waals surface area contributed by atoms with Crippen LogP contribution in [-0.2, 0) is 0 Å². The van der Waals surface area contributed by atoms with E-state index in [0.717, 1.165) is 0 Å². The second kappa shape index (κ2) is 7.05. The summed E-state index contributed by atoms with van der Waals surface area (Å²) in [5.41, 5.74) is 7.53. The second-order valence-corrected chi connectivity index (χ2v) is 5.37. The van der Waals surface area contributed by atoms with Crippen molar-refractivity contribution in [3.05, 3.63) is 52.7 Å². The van der Waals surface area contributed by atoms with Gasteiger partial charge in [0.2, 0.25) is 0 Å². The van der Waals surface area contributed by atoms with E-state index in [-0.39, 0.29) is 0 Å². The molecule has 0 saturated carbocycles. The Balaban J connectivity index is 2.63. The van der Waals surface area contributed by atoms with E-state index in [9.17, 15) is 9.50 Å². The number of aliphatic hydroxyl groups is 1. The van der Waals surface area contributed by atoms with Crippen molar-refractivity contribution in [1.29, 1.82) is 0 Å². The summed E-state index contributed by atoms with van der Waals surface area (Å²) in [5.74, 6) is 0.458. The lowest BCUT2D eigenvalue weighted by molar-refractivity contribution is 0.0721. The minimum absolute atomic E-state index is 0.405. The molecule has 2 rings (SSSR count). The predicted molar refractivity (Wildman–Crippen MR) is 87.9 cm³/mol. The highest BCUT2D eigenvalue weighted by Gasteiger charge is 2.33. The van der Waals surface area contributed by atoms with Crippen LogP contribution in [0.4, 0.5) is 10.1 Å². The summed E-state index contributed by atoms with van der Waals surface area (Å²) in [4.78, 5) is 6.01. The molecular weight excluding hydrogens is 305 g/mol. The van der Waals surface area contributed by atoms with Crippen molar-refractivity contribution >= 4 is 23.1 Å². The normalized spacial score (nSPS) is 20.1. The van der Waals surface area contributed by atoms with Gasteiger partial charge in [-0.1, -0.05) is 23.7 Å². The van der Waals surface area contributed by atoms with Crippen LogP contribution in [0.2, 0.25) is 5.02 Å². The van der Waals surface area contributed by atoms with Crippen molar-refractivity contribution in [2.75, 3.05) is 6.67 Å². The molecule has 0 saturated heterocycles. The van der Waals surface area contributed by atoms with Crippen LogP contribution < -0.4 is 5.73 Å². The van der Waals surface area contributed by atoms with E-state index < -0.39 is 18.9 Å². The van der Waals surface area contributed by atoms with Gasteiger partial charge < -0.3 is 10.8 Å². The predicted octanol–water partition coefficient (Wildman–Crippen LogP) is 3.45. The Bertz CT molecular complexity index is 640. The van der Waals surface area contributed by atoms with Gasteiger partial charge in [-0.15, -0.1) is 0 Å². The van der Waals surface area contributed by atoms with Crippen LogP contribution in [0.3, 0.4) is 0 Å². The van der Waals surface area contributed by atoms with Crippen LogP contribution in [-0.4, -0.2) is 28.6 Å². The number of hydrogen-bond acceptors (Lipinski definition) is 4. The van der Waals surface area contributed by atoms with Gasteiger partial charge in [0.05, 0.1) is 16.8 Å². The maximum Gasteiger partial charge on any atom is 0.162 e. The van der Waals surface area contributed by atoms with Gasteiger partial charge in [-0.2, -0.15) is 0 Å². The van der Waals surface area contributed by atoms with Gasteiger partial charge in [-0.05, 0) is 38.1 Å². The van der Waals surface area contributed by atoms with Crippen LogP contribution in [0.15, 0.2) is 47.1 Å². The molecule has 4 nitrogen and oxygen atoms in total. The summed E-state index contributed by atoms with van der Waals surface area (Å²) in [6.07, 6.45) is 3.75. The third-order valence-corrected chi connectivity index (χ3v) is 3.65. The molecule has 1 aromatic carbocycles. The van der Waals surface area contributed by atoms with Crippen molar-refractivity contribution in [2.24, 2.45) is 10.7 Å². The van der Waals surface area contributed by atoms with Gasteiger partial charge in [0.1, 0.15) is 12.5 Å². The zero-order valence-electron chi connectivity index (χ0n) is 12.5. The summed E-state index contributed by atoms with van der Waals surface area (Å²) in [5, 5.41) is 11.2. The number of alkyl halides is 1. The zero-order valence-corrected chi connectivity index (χ0v) is 13.3. The monoisotopic (exact) mass is 323 g/mol. The molecule has 1 aromatic rings. The van der Waals surface area contributed by atoms with Crippen molar-refractivity contribution in [3.63, 3.8) is 0 Å². The zero-order chi connectivity index (χ0) is 16.3. The molecule has 0 aromatic heterocycles. The van der Waals surface area contributed by atoms with E-state index in [1.165, 1.54) is 11.0 Å². The number of halogens is 2. The van der Waals surface area contributed by atoms with E-state index in [2.05, 4.69) is 4.99 Å². The number of fused-ring (bicyclic) bond motifs is 1. The number of aliphatic hydroxyl groups excluding tert-OH is 1. The molecule has 1 aliphatic heterocycles. The Labute approximate surface area is 134 Å². The van der Waals surface area contributed by atoms with Gasteiger partial charge in [-0.25, -0.2) is 9.38 Å². The lowest BCUT2D eigenvalue weighted by Gasteiger charge is -2.37. The molecule has 3 N–H and O–H groups in total. The minimum atomic E-state index is -1.07. The van der Waals surface area contributed by atoms with Gasteiger partial charge in [0.15, 0.2) is 6.23 Å². The maximum atomic E-state index is 12.8.